The van der Waals surface area contributed by atoms with Crippen molar-refractivity contribution in [1.29, 1.82) is 0 Å². The van der Waals surface area contributed by atoms with E-state index in [0.717, 1.165) is 24.2 Å². The molecule has 1 saturated heterocycles. The molecule has 1 amide bonds. The van der Waals surface area contributed by atoms with Crippen molar-refractivity contribution in [3.63, 3.8) is 0 Å². The molecule has 1 aliphatic rings. The second kappa shape index (κ2) is 6.12. The Bertz CT molecular complexity index is 1020. The van der Waals surface area contributed by atoms with Crippen LogP contribution in [0.25, 0.3) is 5.65 Å². The molecule has 4 heterocycles. The van der Waals surface area contributed by atoms with E-state index in [1.165, 1.54) is 4.52 Å². The Morgan fingerprint density at radius 2 is 2.19 bits per heavy atom. The van der Waals surface area contributed by atoms with E-state index >= 15 is 0 Å². The third kappa shape index (κ3) is 2.53. The Morgan fingerprint density at radius 1 is 1.38 bits per heavy atom. The van der Waals surface area contributed by atoms with Crippen LogP contribution < -0.4 is 5.56 Å². The smallest absolute Gasteiger partial charge is 0.275 e. The fourth-order valence-electron chi connectivity index (χ4n) is 3.63. The van der Waals surface area contributed by atoms with Gasteiger partial charge in [0, 0.05) is 36.3 Å². The standard InChI is InChI=1S/C18H22N6O2/c1-11-12(2)20-16-9-14(21-24(16)17(11)25)15-5-4-7-23(15)18(26)13(3)22-8-6-19-10-22/h6,8-10,13,15,21H,4-5,7H2,1-3H3/t13-,15-/m0/s1. The van der Waals surface area contributed by atoms with E-state index in [4.69, 9.17) is 0 Å². The number of imidazole rings is 1. The molecule has 2 atom stereocenters. The molecule has 0 unspecified atom stereocenters. The fourth-order valence-corrected chi connectivity index (χ4v) is 3.63. The number of likely N-dealkylation sites (tertiary alicyclic amines) is 1. The number of hydrogen-bond acceptors (Lipinski definition) is 4. The summed E-state index contributed by atoms with van der Waals surface area (Å²) in [6.45, 7) is 6.19. The summed E-state index contributed by atoms with van der Waals surface area (Å²) in [4.78, 5) is 35.9. The summed E-state index contributed by atoms with van der Waals surface area (Å²) in [5.74, 6) is 0.0526. The zero-order valence-corrected chi connectivity index (χ0v) is 15.1. The molecule has 0 radical (unpaired) electrons. The van der Waals surface area contributed by atoms with Gasteiger partial charge < -0.3 is 9.47 Å². The van der Waals surface area contributed by atoms with Gasteiger partial charge in [0.15, 0.2) is 5.65 Å². The van der Waals surface area contributed by atoms with Crippen molar-refractivity contribution in [2.24, 2.45) is 0 Å². The van der Waals surface area contributed by atoms with Crippen LogP contribution in [0, 0.1) is 13.8 Å². The Labute approximate surface area is 150 Å². The third-order valence-electron chi connectivity index (χ3n) is 5.33. The summed E-state index contributed by atoms with van der Waals surface area (Å²) < 4.78 is 3.28. The second-order valence-corrected chi connectivity index (χ2v) is 6.91. The van der Waals surface area contributed by atoms with Crippen LogP contribution in [0.15, 0.2) is 29.6 Å². The molecule has 26 heavy (non-hydrogen) atoms. The van der Waals surface area contributed by atoms with Crippen molar-refractivity contribution < 1.29 is 4.79 Å². The minimum absolute atomic E-state index is 0.0526. The molecule has 0 aliphatic carbocycles. The molecule has 8 heteroatoms. The first-order valence-electron chi connectivity index (χ1n) is 8.84. The number of nitrogens with zero attached hydrogens (tertiary/aromatic N) is 5. The number of amides is 1. The van der Waals surface area contributed by atoms with Crippen LogP contribution >= 0.6 is 0 Å². The second-order valence-electron chi connectivity index (χ2n) is 6.91. The fraction of sp³-hybridized carbons (Fsp3) is 0.444. The summed E-state index contributed by atoms with van der Waals surface area (Å²) in [6.07, 6.45) is 6.92. The van der Waals surface area contributed by atoms with E-state index < -0.39 is 0 Å². The van der Waals surface area contributed by atoms with E-state index in [-0.39, 0.29) is 23.6 Å². The van der Waals surface area contributed by atoms with Crippen molar-refractivity contribution in [2.75, 3.05) is 6.54 Å². The highest BCUT2D eigenvalue weighted by molar-refractivity contribution is 5.80. The van der Waals surface area contributed by atoms with Crippen molar-refractivity contribution in [3.05, 3.63) is 52.1 Å². The van der Waals surface area contributed by atoms with E-state index in [9.17, 15) is 9.59 Å². The van der Waals surface area contributed by atoms with Gasteiger partial charge in [-0.2, -0.15) is 0 Å². The van der Waals surface area contributed by atoms with Crippen LogP contribution in [0.2, 0.25) is 0 Å². The highest BCUT2D eigenvalue weighted by atomic mass is 16.2. The normalized spacial score (nSPS) is 18.6. The van der Waals surface area contributed by atoms with Gasteiger partial charge >= 0.3 is 0 Å². The number of fused-ring (bicyclic) bond motifs is 1. The van der Waals surface area contributed by atoms with Gasteiger partial charge in [-0.1, -0.05) is 0 Å². The maximum atomic E-state index is 13.0. The summed E-state index contributed by atoms with van der Waals surface area (Å²) in [5, 5.41) is 3.16. The molecule has 136 valence electrons. The van der Waals surface area contributed by atoms with Crippen molar-refractivity contribution in [1.82, 2.24) is 29.0 Å². The van der Waals surface area contributed by atoms with Crippen LogP contribution in [0.3, 0.4) is 0 Å². The number of aromatic nitrogens is 5. The van der Waals surface area contributed by atoms with E-state index in [1.54, 1.807) is 25.6 Å². The monoisotopic (exact) mass is 354 g/mol. The van der Waals surface area contributed by atoms with Gasteiger partial charge in [-0.25, -0.2) is 14.5 Å². The summed E-state index contributed by atoms with van der Waals surface area (Å²) in [7, 11) is 0. The lowest BCUT2D eigenvalue weighted by atomic mass is 10.1. The molecule has 3 aromatic rings. The first-order valence-corrected chi connectivity index (χ1v) is 8.84. The molecule has 0 bridgehead atoms. The molecular weight excluding hydrogens is 332 g/mol. The van der Waals surface area contributed by atoms with Crippen molar-refractivity contribution >= 4 is 11.6 Å². The summed E-state index contributed by atoms with van der Waals surface area (Å²) >= 11 is 0. The number of nitrogens with one attached hydrogen (secondary N) is 1. The Morgan fingerprint density at radius 3 is 2.92 bits per heavy atom. The minimum Gasteiger partial charge on any atom is -0.332 e. The average molecular weight is 354 g/mol. The van der Waals surface area contributed by atoms with Crippen LogP contribution in [0.4, 0.5) is 0 Å². The number of aryl methyl sites for hydroxylation is 1. The third-order valence-corrected chi connectivity index (χ3v) is 5.33. The Kier molecular flexibility index (Phi) is 3.90. The highest BCUT2D eigenvalue weighted by Gasteiger charge is 2.34. The number of hydrogen-bond donors (Lipinski definition) is 1. The molecule has 3 aromatic heterocycles. The predicted molar refractivity (Wildman–Crippen MR) is 95.9 cm³/mol. The molecule has 1 aliphatic heterocycles. The Balaban J connectivity index is 1.68. The molecule has 1 fully saturated rings. The maximum absolute atomic E-state index is 13.0. The van der Waals surface area contributed by atoms with Gasteiger partial charge in [0.25, 0.3) is 5.56 Å². The zero-order chi connectivity index (χ0) is 18.4. The van der Waals surface area contributed by atoms with Gasteiger partial charge in [-0.05, 0) is 33.6 Å². The summed E-state index contributed by atoms with van der Waals surface area (Å²) in [5.41, 5.74) is 2.71. The van der Waals surface area contributed by atoms with Crippen molar-refractivity contribution in [2.45, 2.75) is 45.7 Å². The Hall–Kier alpha value is -2.90. The van der Waals surface area contributed by atoms with E-state index in [2.05, 4.69) is 15.1 Å². The van der Waals surface area contributed by atoms with Gasteiger partial charge in [-0.15, -0.1) is 0 Å². The molecule has 0 spiro atoms. The molecule has 4 rings (SSSR count). The van der Waals surface area contributed by atoms with Crippen LogP contribution in [-0.4, -0.2) is 41.5 Å². The molecule has 8 nitrogen and oxygen atoms in total. The highest BCUT2D eigenvalue weighted by Crippen LogP contribution is 2.33. The van der Waals surface area contributed by atoms with Crippen LogP contribution in [0.5, 0.6) is 0 Å². The largest absolute Gasteiger partial charge is 0.332 e. The maximum Gasteiger partial charge on any atom is 0.275 e. The van der Waals surface area contributed by atoms with Gasteiger partial charge in [0.1, 0.15) is 6.04 Å². The van der Waals surface area contributed by atoms with Gasteiger partial charge in [0.05, 0.1) is 18.1 Å². The number of carbonyl (C=O) groups is 1. The molecule has 0 saturated carbocycles. The summed E-state index contributed by atoms with van der Waals surface area (Å²) in [6, 6.07) is 1.49. The average Bonchev–Trinajstić information content (AvgIpc) is 3.37. The lowest BCUT2D eigenvalue weighted by molar-refractivity contribution is -0.135. The first-order chi connectivity index (χ1) is 12.5. The molecular formula is C18H22N6O2. The van der Waals surface area contributed by atoms with Crippen LogP contribution in [0.1, 0.15) is 48.8 Å². The topological polar surface area (TPSA) is 88.3 Å². The van der Waals surface area contributed by atoms with Crippen molar-refractivity contribution in [3.8, 4) is 0 Å². The minimum atomic E-state index is -0.312. The molecule has 1 N–H and O–H groups in total. The number of aromatic amines is 1. The molecule has 0 aromatic carbocycles. The SMILES string of the molecule is Cc1nc2cc([C@@H]3CCCN3C(=O)[C@H](C)n3ccnc3)[nH]n2c(=O)c1C. The zero-order valence-electron chi connectivity index (χ0n) is 15.1. The quantitative estimate of drug-likeness (QED) is 0.776. The number of rotatable bonds is 3. The lowest BCUT2D eigenvalue weighted by Crippen LogP contribution is -2.35. The van der Waals surface area contributed by atoms with E-state index in [0.29, 0.717) is 17.8 Å². The van der Waals surface area contributed by atoms with Crippen LogP contribution in [-0.2, 0) is 4.79 Å². The first kappa shape index (κ1) is 16.6. The van der Waals surface area contributed by atoms with Gasteiger partial charge in [-0.3, -0.25) is 14.7 Å². The lowest BCUT2D eigenvalue weighted by Gasteiger charge is -2.27. The predicted octanol–water partition coefficient (Wildman–Crippen LogP) is 1.76. The van der Waals surface area contributed by atoms with E-state index in [1.807, 2.05) is 29.4 Å². The number of H-pyrrole nitrogens is 1. The number of carbonyl (C=O) groups excluding carboxylic acids is 1. The van der Waals surface area contributed by atoms with Gasteiger partial charge in [0.2, 0.25) is 5.91 Å².